The summed E-state index contributed by atoms with van der Waals surface area (Å²) in [6, 6.07) is -0.0976. The van der Waals surface area contributed by atoms with Crippen LogP contribution in [0.5, 0.6) is 0 Å². The normalized spacial score (nSPS) is 28.0. The third-order valence-corrected chi connectivity index (χ3v) is 4.85. The van der Waals surface area contributed by atoms with Crippen LogP contribution in [0.1, 0.15) is 52.4 Å². The lowest BCUT2D eigenvalue weighted by atomic mass is 9.82. The molecular weight excluding hydrogens is 256 g/mol. The van der Waals surface area contributed by atoms with Crippen LogP contribution in [-0.2, 0) is 4.79 Å². The molecular formula is C15H26N2O3. The Labute approximate surface area is 120 Å². The second kappa shape index (κ2) is 5.62. The molecule has 2 N–H and O–H groups in total. The van der Waals surface area contributed by atoms with Crippen LogP contribution in [-0.4, -0.2) is 41.6 Å². The van der Waals surface area contributed by atoms with E-state index in [1.54, 1.807) is 11.8 Å². The van der Waals surface area contributed by atoms with E-state index < -0.39 is 11.4 Å². The number of nitrogens with one attached hydrogen (secondary N) is 1. The van der Waals surface area contributed by atoms with Crippen molar-refractivity contribution in [3.8, 4) is 0 Å². The Bertz CT molecular complexity index is 393. The fourth-order valence-electron chi connectivity index (χ4n) is 3.18. The molecule has 1 aliphatic carbocycles. The molecule has 0 aromatic rings. The Kier molecular flexibility index (Phi) is 4.25. The van der Waals surface area contributed by atoms with E-state index in [1.807, 2.05) is 0 Å². The van der Waals surface area contributed by atoms with Gasteiger partial charge in [0.1, 0.15) is 0 Å². The second-order valence-electron chi connectivity index (χ2n) is 6.80. The molecule has 20 heavy (non-hydrogen) atoms. The van der Waals surface area contributed by atoms with E-state index in [0.717, 1.165) is 19.4 Å². The molecule has 114 valence electrons. The van der Waals surface area contributed by atoms with E-state index in [-0.39, 0.29) is 6.03 Å². The van der Waals surface area contributed by atoms with Gasteiger partial charge in [-0.1, -0.05) is 13.3 Å². The maximum Gasteiger partial charge on any atom is 0.317 e. The van der Waals surface area contributed by atoms with E-state index in [2.05, 4.69) is 12.2 Å². The minimum atomic E-state index is -0.806. The zero-order chi connectivity index (χ0) is 14.8. The molecule has 0 spiro atoms. The molecule has 1 aliphatic heterocycles. The van der Waals surface area contributed by atoms with Gasteiger partial charge in [-0.05, 0) is 44.4 Å². The van der Waals surface area contributed by atoms with Crippen LogP contribution < -0.4 is 5.32 Å². The number of urea groups is 1. The molecule has 1 saturated heterocycles. The van der Waals surface area contributed by atoms with Gasteiger partial charge < -0.3 is 15.3 Å². The van der Waals surface area contributed by atoms with Gasteiger partial charge in [0.15, 0.2) is 0 Å². The average Bonchev–Trinajstić information content (AvgIpc) is 3.17. The lowest BCUT2D eigenvalue weighted by Crippen LogP contribution is -2.52. The predicted octanol–water partition coefficient (Wildman–Crippen LogP) is 2.46. The van der Waals surface area contributed by atoms with Crippen molar-refractivity contribution >= 4 is 12.0 Å². The lowest BCUT2D eigenvalue weighted by molar-refractivity contribution is -0.150. The molecule has 2 rings (SSSR count). The van der Waals surface area contributed by atoms with Gasteiger partial charge in [0.05, 0.1) is 5.41 Å². The molecule has 5 nitrogen and oxygen atoms in total. The van der Waals surface area contributed by atoms with E-state index in [9.17, 15) is 14.7 Å². The number of hydrogen-bond acceptors (Lipinski definition) is 2. The van der Waals surface area contributed by atoms with Gasteiger partial charge >= 0.3 is 12.0 Å². The Hall–Kier alpha value is -1.26. The van der Waals surface area contributed by atoms with Crippen LogP contribution in [0.3, 0.4) is 0 Å². The number of rotatable bonds is 5. The molecule has 1 atom stereocenters. The number of carbonyl (C=O) groups is 2. The molecule has 0 aromatic heterocycles. The van der Waals surface area contributed by atoms with Gasteiger partial charge in [-0.25, -0.2) is 4.79 Å². The molecule has 0 radical (unpaired) electrons. The van der Waals surface area contributed by atoms with Crippen LogP contribution in [0.2, 0.25) is 0 Å². The largest absolute Gasteiger partial charge is 0.481 e. The van der Waals surface area contributed by atoms with Crippen LogP contribution >= 0.6 is 0 Å². The van der Waals surface area contributed by atoms with Gasteiger partial charge in [-0.15, -0.1) is 0 Å². The monoisotopic (exact) mass is 282 g/mol. The van der Waals surface area contributed by atoms with Crippen molar-refractivity contribution in [2.45, 2.75) is 52.4 Å². The number of aliphatic carboxylic acids is 1. The van der Waals surface area contributed by atoms with Crippen molar-refractivity contribution in [2.24, 2.45) is 10.8 Å². The highest BCUT2D eigenvalue weighted by Crippen LogP contribution is 2.48. The highest BCUT2D eigenvalue weighted by atomic mass is 16.4. The smallest absolute Gasteiger partial charge is 0.317 e. The quantitative estimate of drug-likeness (QED) is 0.814. The van der Waals surface area contributed by atoms with Gasteiger partial charge in [-0.2, -0.15) is 0 Å². The van der Waals surface area contributed by atoms with Crippen molar-refractivity contribution in [1.82, 2.24) is 10.2 Å². The van der Waals surface area contributed by atoms with Crippen molar-refractivity contribution < 1.29 is 14.7 Å². The minimum absolute atomic E-state index is 0.0976. The highest BCUT2D eigenvalue weighted by Gasteiger charge is 2.43. The first kappa shape index (κ1) is 15.1. The number of carboxylic acids is 1. The van der Waals surface area contributed by atoms with E-state index >= 15 is 0 Å². The molecule has 0 bridgehead atoms. The first-order valence-corrected chi connectivity index (χ1v) is 7.67. The molecule has 5 heteroatoms. The third kappa shape index (κ3) is 3.25. The maximum atomic E-state index is 12.2. The van der Waals surface area contributed by atoms with E-state index in [1.165, 1.54) is 19.3 Å². The Morgan fingerprint density at radius 1 is 1.30 bits per heavy atom. The fraction of sp³-hybridized carbons (Fsp3) is 0.867. The highest BCUT2D eigenvalue weighted by molar-refractivity contribution is 5.78. The van der Waals surface area contributed by atoms with E-state index in [4.69, 9.17) is 0 Å². The summed E-state index contributed by atoms with van der Waals surface area (Å²) in [7, 11) is 0. The number of amides is 2. The van der Waals surface area contributed by atoms with Crippen LogP contribution in [0, 0.1) is 10.8 Å². The summed E-state index contributed by atoms with van der Waals surface area (Å²) < 4.78 is 0. The summed E-state index contributed by atoms with van der Waals surface area (Å²) in [5.74, 6) is -0.806. The second-order valence-corrected chi connectivity index (χ2v) is 6.80. The maximum absolute atomic E-state index is 12.2. The third-order valence-electron chi connectivity index (χ3n) is 4.85. The topological polar surface area (TPSA) is 69.6 Å². The molecule has 1 heterocycles. The molecule has 1 unspecified atom stereocenters. The molecule has 1 saturated carbocycles. The van der Waals surface area contributed by atoms with Crippen molar-refractivity contribution in [3.63, 3.8) is 0 Å². The number of likely N-dealkylation sites (tertiary alicyclic amines) is 1. The molecule has 2 aliphatic rings. The summed E-state index contributed by atoms with van der Waals surface area (Å²) in [4.78, 5) is 25.2. The average molecular weight is 282 g/mol. The first-order valence-electron chi connectivity index (χ1n) is 7.67. The Morgan fingerprint density at radius 3 is 2.55 bits per heavy atom. The summed E-state index contributed by atoms with van der Waals surface area (Å²) in [6.45, 7) is 5.61. The van der Waals surface area contributed by atoms with Gasteiger partial charge in [-0.3, -0.25) is 4.79 Å². The molecule has 2 amide bonds. The number of carbonyl (C=O) groups excluding carboxylic acids is 1. The van der Waals surface area contributed by atoms with Crippen molar-refractivity contribution in [1.29, 1.82) is 0 Å². The van der Waals surface area contributed by atoms with Crippen molar-refractivity contribution in [2.75, 3.05) is 19.6 Å². The summed E-state index contributed by atoms with van der Waals surface area (Å²) >= 11 is 0. The standard InChI is InChI=1S/C15H26N2O3/c1-3-5-15(7-8-15)10-16-13(20)17-9-4-6-14(2,11-17)12(18)19/h3-11H2,1-2H3,(H,16,20)(H,18,19). The fourth-order valence-corrected chi connectivity index (χ4v) is 3.18. The first-order chi connectivity index (χ1) is 9.41. The lowest BCUT2D eigenvalue weighted by Gasteiger charge is -2.37. The number of hydrogen-bond donors (Lipinski definition) is 2. The SMILES string of the molecule is CCCC1(CNC(=O)N2CCCC(C)(C(=O)O)C2)CC1. The Balaban J connectivity index is 1.85. The van der Waals surface area contributed by atoms with Crippen molar-refractivity contribution in [3.05, 3.63) is 0 Å². The van der Waals surface area contributed by atoms with Gasteiger partial charge in [0.25, 0.3) is 0 Å². The predicted molar refractivity (Wildman–Crippen MR) is 76.5 cm³/mol. The molecule has 0 aromatic carbocycles. The number of carboxylic acid groups (broad SMARTS) is 1. The van der Waals surface area contributed by atoms with Gasteiger partial charge in [0.2, 0.25) is 0 Å². The van der Waals surface area contributed by atoms with Crippen LogP contribution in [0.15, 0.2) is 0 Å². The summed E-state index contributed by atoms with van der Waals surface area (Å²) in [5.41, 5.74) is -0.466. The molecule has 2 fully saturated rings. The van der Waals surface area contributed by atoms with Crippen LogP contribution in [0.4, 0.5) is 4.79 Å². The summed E-state index contributed by atoms with van der Waals surface area (Å²) in [6.07, 6.45) is 6.13. The number of piperidine rings is 1. The number of nitrogens with zero attached hydrogens (tertiary/aromatic N) is 1. The van der Waals surface area contributed by atoms with E-state index in [0.29, 0.717) is 24.9 Å². The van der Waals surface area contributed by atoms with Gasteiger partial charge in [0, 0.05) is 19.6 Å². The summed E-state index contributed by atoms with van der Waals surface area (Å²) in [5, 5.41) is 12.3. The zero-order valence-corrected chi connectivity index (χ0v) is 12.6. The van der Waals surface area contributed by atoms with Crippen LogP contribution in [0.25, 0.3) is 0 Å². The Morgan fingerprint density at radius 2 is 2.00 bits per heavy atom. The minimum Gasteiger partial charge on any atom is -0.481 e. The zero-order valence-electron chi connectivity index (χ0n) is 12.6.